The molecule has 1 unspecified atom stereocenters. The van der Waals surface area contributed by atoms with Crippen LogP contribution in [0.1, 0.15) is 68.4 Å². The zero-order valence-electron chi connectivity index (χ0n) is 12.2. The number of rotatable bonds is 2. The summed E-state index contributed by atoms with van der Waals surface area (Å²) >= 11 is 0. The standard InChI is InChI=1S/C14H22N4O2S/c15-14-17-12(10-5-3-1-2-4-6-10)16-13(18-14)11-7-8-21(19,20)9-11/h10-11H,1-9H2,(H2,15,16,17,18). The van der Waals surface area contributed by atoms with Crippen LogP contribution in [0.5, 0.6) is 0 Å². The van der Waals surface area contributed by atoms with Gasteiger partial charge in [0, 0.05) is 11.8 Å². The van der Waals surface area contributed by atoms with Crippen molar-refractivity contribution in [3.63, 3.8) is 0 Å². The lowest BCUT2D eigenvalue weighted by atomic mass is 9.99. The number of aromatic nitrogens is 3. The van der Waals surface area contributed by atoms with E-state index in [1.165, 1.54) is 25.7 Å². The van der Waals surface area contributed by atoms with E-state index in [2.05, 4.69) is 15.0 Å². The summed E-state index contributed by atoms with van der Waals surface area (Å²) in [7, 11) is -2.94. The van der Waals surface area contributed by atoms with Crippen LogP contribution < -0.4 is 5.73 Å². The van der Waals surface area contributed by atoms with Gasteiger partial charge < -0.3 is 5.73 Å². The third kappa shape index (κ3) is 3.51. The van der Waals surface area contributed by atoms with Crippen LogP contribution in [0.25, 0.3) is 0 Å². The van der Waals surface area contributed by atoms with E-state index in [0.717, 1.165) is 18.7 Å². The number of anilines is 1. The Kier molecular flexibility index (Phi) is 4.10. The number of nitrogens with two attached hydrogens (primary N) is 1. The lowest BCUT2D eigenvalue weighted by Crippen LogP contribution is -2.14. The molecule has 0 aromatic carbocycles. The second kappa shape index (κ2) is 5.87. The molecule has 0 radical (unpaired) electrons. The van der Waals surface area contributed by atoms with Crippen molar-refractivity contribution in [2.24, 2.45) is 0 Å². The quantitative estimate of drug-likeness (QED) is 0.836. The first-order valence-electron chi connectivity index (χ1n) is 7.75. The van der Waals surface area contributed by atoms with Gasteiger partial charge in [0.1, 0.15) is 11.6 Å². The normalized spacial score (nSPS) is 26.6. The highest BCUT2D eigenvalue weighted by Gasteiger charge is 2.32. The predicted molar refractivity (Wildman–Crippen MR) is 80.7 cm³/mol. The van der Waals surface area contributed by atoms with Gasteiger partial charge in [-0.1, -0.05) is 25.7 Å². The van der Waals surface area contributed by atoms with Crippen LogP contribution in [0.3, 0.4) is 0 Å². The molecule has 0 bridgehead atoms. The molecule has 7 heteroatoms. The number of hydrogen-bond donors (Lipinski definition) is 1. The summed E-state index contributed by atoms with van der Waals surface area (Å²) < 4.78 is 23.3. The lowest BCUT2D eigenvalue weighted by Gasteiger charge is -2.15. The van der Waals surface area contributed by atoms with Crippen LogP contribution in [0.2, 0.25) is 0 Å². The second-order valence-corrected chi connectivity index (χ2v) is 8.43. The third-order valence-electron chi connectivity index (χ3n) is 4.51. The van der Waals surface area contributed by atoms with E-state index in [1.54, 1.807) is 0 Å². The molecule has 1 aromatic rings. The Morgan fingerprint density at radius 3 is 2.05 bits per heavy atom. The molecule has 6 nitrogen and oxygen atoms in total. The van der Waals surface area contributed by atoms with Gasteiger partial charge in [0.15, 0.2) is 9.84 Å². The summed E-state index contributed by atoms with van der Waals surface area (Å²) in [6.45, 7) is 0. The van der Waals surface area contributed by atoms with E-state index in [0.29, 0.717) is 18.2 Å². The highest BCUT2D eigenvalue weighted by atomic mass is 32.2. The van der Waals surface area contributed by atoms with Crippen molar-refractivity contribution < 1.29 is 8.42 Å². The van der Waals surface area contributed by atoms with Gasteiger partial charge in [0.25, 0.3) is 0 Å². The van der Waals surface area contributed by atoms with Gasteiger partial charge in [0.05, 0.1) is 11.5 Å². The topological polar surface area (TPSA) is 98.8 Å². The maximum Gasteiger partial charge on any atom is 0.223 e. The minimum atomic E-state index is -2.94. The Morgan fingerprint density at radius 1 is 0.857 bits per heavy atom. The van der Waals surface area contributed by atoms with Crippen molar-refractivity contribution in [1.82, 2.24) is 15.0 Å². The average Bonchev–Trinajstić information content (AvgIpc) is 2.66. The zero-order chi connectivity index (χ0) is 14.9. The first kappa shape index (κ1) is 14.7. The average molecular weight is 310 g/mol. The summed E-state index contributed by atoms with van der Waals surface area (Å²) in [5.74, 6) is 2.15. The predicted octanol–water partition coefficient (Wildman–Crippen LogP) is 1.79. The van der Waals surface area contributed by atoms with E-state index < -0.39 is 9.84 Å². The van der Waals surface area contributed by atoms with E-state index in [1.807, 2.05) is 0 Å². The highest BCUT2D eigenvalue weighted by molar-refractivity contribution is 7.91. The molecule has 1 atom stereocenters. The van der Waals surface area contributed by atoms with E-state index >= 15 is 0 Å². The maximum atomic E-state index is 11.6. The van der Waals surface area contributed by atoms with Gasteiger partial charge in [-0.15, -0.1) is 0 Å². The summed E-state index contributed by atoms with van der Waals surface area (Å²) in [5, 5.41) is 0. The van der Waals surface area contributed by atoms with Crippen molar-refractivity contribution in [2.45, 2.75) is 56.8 Å². The van der Waals surface area contributed by atoms with Crippen LogP contribution in [-0.2, 0) is 9.84 Å². The van der Waals surface area contributed by atoms with Crippen molar-refractivity contribution in [3.05, 3.63) is 11.6 Å². The largest absolute Gasteiger partial charge is 0.368 e. The molecule has 2 fully saturated rings. The minimum Gasteiger partial charge on any atom is -0.368 e. The van der Waals surface area contributed by atoms with Gasteiger partial charge in [0.2, 0.25) is 5.95 Å². The van der Waals surface area contributed by atoms with E-state index in [9.17, 15) is 8.42 Å². The number of sulfone groups is 1. The van der Waals surface area contributed by atoms with Crippen molar-refractivity contribution in [2.75, 3.05) is 17.2 Å². The molecule has 3 rings (SSSR count). The zero-order valence-corrected chi connectivity index (χ0v) is 13.0. The smallest absolute Gasteiger partial charge is 0.223 e. The molecule has 2 heterocycles. The molecular weight excluding hydrogens is 288 g/mol. The summed E-state index contributed by atoms with van der Waals surface area (Å²) in [4.78, 5) is 13.1. The first-order valence-corrected chi connectivity index (χ1v) is 9.57. The van der Waals surface area contributed by atoms with Crippen molar-refractivity contribution in [3.8, 4) is 0 Å². The fourth-order valence-corrected chi connectivity index (χ4v) is 5.07. The molecule has 2 aliphatic rings. The monoisotopic (exact) mass is 310 g/mol. The second-order valence-electron chi connectivity index (χ2n) is 6.20. The molecule has 116 valence electrons. The molecule has 1 aliphatic heterocycles. The summed E-state index contributed by atoms with van der Waals surface area (Å²) in [5.41, 5.74) is 5.83. The summed E-state index contributed by atoms with van der Waals surface area (Å²) in [6.07, 6.45) is 7.70. The van der Waals surface area contributed by atoms with Crippen molar-refractivity contribution in [1.29, 1.82) is 0 Å². The van der Waals surface area contributed by atoms with Gasteiger partial charge in [-0.05, 0) is 19.3 Å². The number of nitrogens with zero attached hydrogens (tertiary/aromatic N) is 3. The Labute approximate surface area is 125 Å². The Balaban J connectivity index is 1.85. The van der Waals surface area contributed by atoms with Crippen LogP contribution >= 0.6 is 0 Å². The number of nitrogen functional groups attached to an aromatic ring is 1. The fourth-order valence-electron chi connectivity index (χ4n) is 3.33. The summed E-state index contributed by atoms with van der Waals surface area (Å²) in [6, 6.07) is 0. The minimum absolute atomic E-state index is 0.121. The molecule has 1 saturated heterocycles. The van der Waals surface area contributed by atoms with E-state index in [4.69, 9.17) is 5.73 Å². The third-order valence-corrected chi connectivity index (χ3v) is 6.27. The highest BCUT2D eigenvalue weighted by Crippen LogP contribution is 2.32. The Hall–Kier alpha value is -1.24. The van der Waals surface area contributed by atoms with Gasteiger partial charge in [-0.25, -0.2) is 13.4 Å². The Morgan fingerprint density at radius 2 is 1.48 bits per heavy atom. The SMILES string of the molecule is Nc1nc(C2CCCCCC2)nc(C2CCS(=O)(=O)C2)n1. The molecule has 0 amide bonds. The van der Waals surface area contributed by atoms with E-state index in [-0.39, 0.29) is 23.4 Å². The van der Waals surface area contributed by atoms with Gasteiger partial charge in [-0.2, -0.15) is 9.97 Å². The maximum absolute atomic E-state index is 11.6. The lowest BCUT2D eigenvalue weighted by molar-refractivity contribution is 0.548. The Bertz CT molecular complexity index is 609. The molecule has 1 aliphatic carbocycles. The van der Waals surface area contributed by atoms with Gasteiger partial charge >= 0.3 is 0 Å². The van der Waals surface area contributed by atoms with Crippen LogP contribution in [0.15, 0.2) is 0 Å². The van der Waals surface area contributed by atoms with Gasteiger partial charge in [-0.3, -0.25) is 0 Å². The first-order chi connectivity index (χ1) is 10.0. The molecule has 1 aromatic heterocycles. The number of hydrogen-bond acceptors (Lipinski definition) is 6. The molecular formula is C14H22N4O2S. The van der Waals surface area contributed by atoms with Crippen molar-refractivity contribution >= 4 is 15.8 Å². The fraction of sp³-hybridized carbons (Fsp3) is 0.786. The van der Waals surface area contributed by atoms with Crippen LogP contribution in [0, 0.1) is 0 Å². The molecule has 0 spiro atoms. The van der Waals surface area contributed by atoms with Crippen LogP contribution in [-0.4, -0.2) is 34.9 Å². The molecule has 21 heavy (non-hydrogen) atoms. The molecule has 1 saturated carbocycles. The molecule has 2 N–H and O–H groups in total. The van der Waals surface area contributed by atoms with Crippen LogP contribution in [0.4, 0.5) is 5.95 Å².